The van der Waals surface area contributed by atoms with Gasteiger partial charge < -0.3 is 15.3 Å². The topological polar surface area (TPSA) is 69.6 Å². The summed E-state index contributed by atoms with van der Waals surface area (Å²) >= 11 is 0. The van der Waals surface area contributed by atoms with Crippen molar-refractivity contribution < 1.29 is 14.7 Å². The minimum absolute atomic E-state index is 0.0896. The number of carbonyl (C=O) groups is 2. The van der Waals surface area contributed by atoms with Gasteiger partial charge >= 0.3 is 0 Å². The van der Waals surface area contributed by atoms with Gasteiger partial charge in [-0.2, -0.15) is 0 Å². The van der Waals surface area contributed by atoms with Crippen molar-refractivity contribution >= 4 is 17.5 Å². The Morgan fingerprint density at radius 2 is 2.05 bits per heavy atom. The van der Waals surface area contributed by atoms with Gasteiger partial charge in [-0.05, 0) is 31.9 Å². The van der Waals surface area contributed by atoms with Gasteiger partial charge in [0.1, 0.15) is 0 Å². The van der Waals surface area contributed by atoms with Crippen molar-refractivity contribution in [3.8, 4) is 0 Å². The van der Waals surface area contributed by atoms with Crippen molar-refractivity contribution in [1.29, 1.82) is 0 Å². The third-order valence-electron chi connectivity index (χ3n) is 5.45. The van der Waals surface area contributed by atoms with Crippen molar-refractivity contribution in [2.24, 2.45) is 11.8 Å². The molecule has 1 fully saturated rings. The first kappa shape index (κ1) is 12.8. The molecular formula is C16H18N2O3. The number of likely N-dealkylation sites (N-methyl/N-ethyl adjacent to an activating group) is 1. The lowest BCUT2D eigenvalue weighted by molar-refractivity contribution is -0.152. The first-order valence-corrected chi connectivity index (χ1v) is 7.23. The monoisotopic (exact) mass is 286 g/mol. The number of benzene rings is 1. The molecule has 1 saturated heterocycles. The molecule has 0 radical (unpaired) electrons. The van der Waals surface area contributed by atoms with Crippen LogP contribution in [0.4, 0.5) is 5.69 Å². The smallest absolute Gasteiger partial charge is 0.264 e. The van der Waals surface area contributed by atoms with Gasteiger partial charge in [0.25, 0.3) is 5.91 Å². The van der Waals surface area contributed by atoms with E-state index in [0.29, 0.717) is 12.0 Å². The van der Waals surface area contributed by atoms with Crippen LogP contribution < -0.4 is 10.2 Å². The highest BCUT2D eigenvalue weighted by atomic mass is 16.3. The molecule has 2 N–H and O–H groups in total. The summed E-state index contributed by atoms with van der Waals surface area (Å²) in [6, 6.07) is 5.68. The average Bonchev–Trinajstić information content (AvgIpc) is 2.76. The van der Waals surface area contributed by atoms with Crippen molar-refractivity contribution in [2.45, 2.75) is 31.4 Å². The van der Waals surface area contributed by atoms with Crippen LogP contribution in [0.15, 0.2) is 18.2 Å². The fourth-order valence-electron chi connectivity index (χ4n) is 4.41. The van der Waals surface area contributed by atoms with Crippen LogP contribution >= 0.6 is 0 Å². The highest BCUT2D eigenvalue weighted by Crippen LogP contribution is 2.55. The molecule has 2 heterocycles. The number of carbonyl (C=O) groups excluding carboxylic acids is 2. The van der Waals surface area contributed by atoms with E-state index >= 15 is 0 Å². The molecule has 3 atom stereocenters. The maximum atomic E-state index is 12.7. The molecule has 3 unspecified atom stereocenters. The molecule has 5 nitrogen and oxygen atoms in total. The Bertz CT molecular complexity index is 697. The fourth-order valence-corrected chi connectivity index (χ4v) is 4.41. The number of nitrogens with zero attached hydrogens (tertiary/aromatic N) is 1. The second-order valence-electron chi connectivity index (χ2n) is 6.94. The van der Waals surface area contributed by atoms with Crippen LogP contribution in [-0.4, -0.2) is 29.5 Å². The van der Waals surface area contributed by atoms with E-state index in [1.165, 1.54) is 4.90 Å². The first-order chi connectivity index (χ1) is 9.78. The molecule has 0 bridgehead atoms. The standard InChI is InChI=1S/C16H18N2O3/c1-15(2)9-7-8-5-4-6-10-11(8)16(21,14(20)18(10)3)12(9)13(19)17-15/h4-6,9,12,21H,7H2,1-3H3,(H,17,19). The van der Waals surface area contributed by atoms with Gasteiger partial charge in [0.2, 0.25) is 5.91 Å². The zero-order valence-electron chi connectivity index (χ0n) is 12.3. The van der Waals surface area contributed by atoms with Crippen LogP contribution in [0.5, 0.6) is 0 Å². The molecule has 0 spiro atoms. The third-order valence-corrected chi connectivity index (χ3v) is 5.45. The summed E-state index contributed by atoms with van der Waals surface area (Å²) in [6.45, 7) is 3.91. The number of fused-ring (bicyclic) bond motifs is 2. The van der Waals surface area contributed by atoms with E-state index < -0.39 is 23.0 Å². The highest BCUT2D eigenvalue weighted by molar-refractivity contribution is 6.10. The van der Waals surface area contributed by atoms with E-state index in [9.17, 15) is 14.7 Å². The quantitative estimate of drug-likeness (QED) is 0.731. The van der Waals surface area contributed by atoms with Crippen LogP contribution in [0.1, 0.15) is 25.0 Å². The molecule has 2 aliphatic heterocycles. The van der Waals surface area contributed by atoms with Crippen LogP contribution in [0.25, 0.3) is 0 Å². The van der Waals surface area contributed by atoms with Gasteiger partial charge in [0, 0.05) is 24.1 Å². The summed E-state index contributed by atoms with van der Waals surface area (Å²) in [5.74, 6) is -1.42. The number of amides is 2. The van der Waals surface area contributed by atoms with Gasteiger partial charge in [-0.15, -0.1) is 0 Å². The number of anilines is 1. The summed E-state index contributed by atoms with van der Waals surface area (Å²) in [6.07, 6.45) is 0.697. The van der Waals surface area contributed by atoms with Crippen LogP contribution in [0.3, 0.4) is 0 Å². The normalized spacial score (nSPS) is 35.5. The van der Waals surface area contributed by atoms with Gasteiger partial charge in [0.15, 0.2) is 5.60 Å². The van der Waals surface area contributed by atoms with E-state index in [4.69, 9.17) is 0 Å². The van der Waals surface area contributed by atoms with Crippen LogP contribution in [-0.2, 0) is 21.6 Å². The SMILES string of the molecule is CN1C(=O)C2(O)c3c(cccc31)CC1C2C(=O)NC1(C)C. The summed E-state index contributed by atoms with van der Waals surface area (Å²) in [5.41, 5.74) is 0.176. The fraction of sp³-hybridized carbons (Fsp3) is 0.500. The number of aliphatic hydroxyl groups is 1. The number of rotatable bonds is 0. The van der Waals surface area contributed by atoms with Gasteiger partial charge in [-0.3, -0.25) is 9.59 Å². The second kappa shape index (κ2) is 3.47. The van der Waals surface area contributed by atoms with Crippen molar-refractivity contribution in [2.75, 3.05) is 11.9 Å². The third kappa shape index (κ3) is 1.26. The zero-order valence-corrected chi connectivity index (χ0v) is 12.3. The summed E-state index contributed by atoms with van der Waals surface area (Å²) in [5, 5.41) is 14.2. The van der Waals surface area contributed by atoms with E-state index in [-0.39, 0.29) is 11.8 Å². The maximum absolute atomic E-state index is 12.7. The minimum Gasteiger partial charge on any atom is -0.375 e. The molecular weight excluding hydrogens is 268 g/mol. The Balaban J connectivity index is 2.03. The van der Waals surface area contributed by atoms with Gasteiger partial charge in [-0.25, -0.2) is 0 Å². The molecule has 0 aromatic heterocycles. The average molecular weight is 286 g/mol. The Morgan fingerprint density at radius 1 is 1.33 bits per heavy atom. The van der Waals surface area contributed by atoms with E-state index in [0.717, 1.165) is 11.3 Å². The largest absolute Gasteiger partial charge is 0.375 e. The van der Waals surface area contributed by atoms with Crippen molar-refractivity contribution in [3.63, 3.8) is 0 Å². The molecule has 2 amide bonds. The Kier molecular flexibility index (Phi) is 2.12. The molecule has 110 valence electrons. The minimum atomic E-state index is -1.72. The Hall–Kier alpha value is -1.88. The summed E-state index contributed by atoms with van der Waals surface area (Å²) in [4.78, 5) is 26.6. The molecule has 21 heavy (non-hydrogen) atoms. The highest BCUT2D eigenvalue weighted by Gasteiger charge is 2.66. The molecule has 4 rings (SSSR count). The number of nitrogens with one attached hydrogen (secondary N) is 1. The maximum Gasteiger partial charge on any atom is 0.264 e. The van der Waals surface area contributed by atoms with E-state index in [1.54, 1.807) is 7.05 Å². The number of hydrogen-bond acceptors (Lipinski definition) is 3. The van der Waals surface area contributed by atoms with Crippen molar-refractivity contribution in [1.82, 2.24) is 5.32 Å². The van der Waals surface area contributed by atoms with Gasteiger partial charge in [0.05, 0.1) is 11.6 Å². The predicted octanol–water partition coefficient (Wildman–Crippen LogP) is 0.547. The number of hydrogen-bond donors (Lipinski definition) is 2. The van der Waals surface area contributed by atoms with Crippen molar-refractivity contribution in [3.05, 3.63) is 29.3 Å². The van der Waals surface area contributed by atoms with E-state index in [2.05, 4.69) is 5.32 Å². The van der Waals surface area contributed by atoms with Gasteiger partial charge in [-0.1, -0.05) is 12.1 Å². The zero-order chi connectivity index (χ0) is 15.2. The Morgan fingerprint density at radius 3 is 2.76 bits per heavy atom. The first-order valence-electron chi connectivity index (χ1n) is 7.23. The molecule has 1 aromatic carbocycles. The Labute approximate surface area is 122 Å². The summed E-state index contributed by atoms with van der Waals surface area (Å²) in [7, 11) is 1.65. The molecule has 3 aliphatic rings. The molecule has 1 aliphatic carbocycles. The predicted molar refractivity (Wildman–Crippen MR) is 76.7 cm³/mol. The lowest BCUT2D eigenvalue weighted by Crippen LogP contribution is -2.52. The van der Waals surface area contributed by atoms with Crippen LogP contribution in [0, 0.1) is 11.8 Å². The molecule has 1 aromatic rings. The summed E-state index contributed by atoms with van der Waals surface area (Å²) < 4.78 is 0. The molecule has 5 heteroatoms. The lowest BCUT2D eigenvalue weighted by atomic mass is 9.63. The van der Waals surface area contributed by atoms with E-state index in [1.807, 2.05) is 32.0 Å². The van der Waals surface area contributed by atoms with Crippen LogP contribution in [0.2, 0.25) is 0 Å². The lowest BCUT2D eigenvalue weighted by Gasteiger charge is -2.39. The second-order valence-corrected chi connectivity index (χ2v) is 6.94. The molecule has 0 saturated carbocycles.